The van der Waals surface area contributed by atoms with Crippen LogP contribution in [0.25, 0.3) is 0 Å². The predicted molar refractivity (Wildman–Crippen MR) is 209 cm³/mol. The monoisotopic (exact) mass is 778 g/mol. The first kappa shape index (κ1) is 39.7. The van der Waals surface area contributed by atoms with Crippen molar-refractivity contribution >= 4 is 0 Å². The number of fused-ring (bicyclic) bond motifs is 1. The summed E-state index contributed by atoms with van der Waals surface area (Å²) < 4.78 is 53.8. The third kappa shape index (κ3) is 7.75. The zero-order valence-electron chi connectivity index (χ0n) is 33.8. The summed E-state index contributed by atoms with van der Waals surface area (Å²) in [5.41, 5.74) is 3.59. The maximum Gasteiger partial charge on any atom is 0.172 e. The van der Waals surface area contributed by atoms with Gasteiger partial charge < -0.3 is 48.1 Å². The molecule has 10 nitrogen and oxygen atoms in total. The maximum atomic E-state index is 10.3. The van der Waals surface area contributed by atoms with Gasteiger partial charge in [-0.2, -0.15) is 0 Å². The van der Waals surface area contributed by atoms with Gasteiger partial charge in [-0.1, -0.05) is 64.3 Å². The molecule has 6 bridgehead atoms. The van der Waals surface area contributed by atoms with Crippen LogP contribution in [-0.4, -0.2) is 114 Å². The molecule has 5 unspecified atom stereocenters. The summed E-state index contributed by atoms with van der Waals surface area (Å²) in [5.74, 6) is 0.150. The second-order valence-corrected chi connectivity index (χ2v) is 18.7. The van der Waals surface area contributed by atoms with E-state index >= 15 is 0 Å². The zero-order chi connectivity index (χ0) is 38.7. The third-order valence-corrected chi connectivity index (χ3v) is 15.0. The molecular formula is C46H66O10. The van der Waals surface area contributed by atoms with Crippen molar-refractivity contribution in [2.24, 2.45) is 17.8 Å². The fourth-order valence-corrected chi connectivity index (χ4v) is 11.7. The van der Waals surface area contributed by atoms with Crippen LogP contribution in [0.1, 0.15) is 103 Å². The zero-order valence-corrected chi connectivity index (χ0v) is 33.8. The standard InChI is InChI=1S/C46H66O10/c1-6-31-12-15-36-41(51-31)45-44-43(53-36)42-40(54-44)23-46(55-42,56-45)17-16-33-19-26(3)35(49-33)14-13-32-18-25(2)27(4)38(50-32)22-39-34(20-29-10-8-7-9-11-29)28(5)37(52-39)21-30(48)24-47/h7-11,25,28,30-45,47-48H,3-4,6,12-24H2,1-2,5H3/t25-,28-,30+,31+,32?,33?,34-,35+,36+,37-,38-,39?,40-,41+,42?,43+,44-,45?,46+/m1/s1. The van der Waals surface area contributed by atoms with E-state index in [1.54, 1.807) is 0 Å². The molecule has 1 aromatic carbocycles. The highest BCUT2D eigenvalue weighted by Crippen LogP contribution is 2.54. The molecule has 310 valence electrons. The maximum absolute atomic E-state index is 10.3. The van der Waals surface area contributed by atoms with Gasteiger partial charge in [0.2, 0.25) is 0 Å². The van der Waals surface area contributed by atoms with Gasteiger partial charge in [-0.25, -0.2) is 0 Å². The van der Waals surface area contributed by atoms with Crippen molar-refractivity contribution in [3.05, 3.63) is 60.2 Å². The van der Waals surface area contributed by atoms with Gasteiger partial charge in [0, 0.05) is 25.7 Å². The lowest BCUT2D eigenvalue weighted by Crippen LogP contribution is -2.61. The molecule has 0 saturated carbocycles. The lowest BCUT2D eigenvalue weighted by Gasteiger charge is -2.47. The Morgan fingerprint density at radius 3 is 2.36 bits per heavy atom. The van der Waals surface area contributed by atoms with Crippen molar-refractivity contribution in [1.29, 1.82) is 0 Å². The predicted octanol–water partition coefficient (Wildman–Crippen LogP) is 6.38. The van der Waals surface area contributed by atoms with Gasteiger partial charge in [-0.3, -0.25) is 0 Å². The molecule has 0 spiro atoms. The van der Waals surface area contributed by atoms with Crippen LogP contribution >= 0.6 is 0 Å². The van der Waals surface area contributed by atoms with E-state index in [4.69, 9.17) is 37.9 Å². The summed E-state index contributed by atoms with van der Waals surface area (Å²) in [7, 11) is 0. The van der Waals surface area contributed by atoms with Crippen molar-refractivity contribution < 1.29 is 48.1 Å². The molecule has 56 heavy (non-hydrogen) atoms. The molecule has 9 fully saturated rings. The van der Waals surface area contributed by atoms with E-state index < -0.39 is 11.9 Å². The Hall–Kier alpha value is -1.70. The molecule has 0 radical (unpaired) electrons. The summed E-state index contributed by atoms with van der Waals surface area (Å²) in [5, 5.41) is 19.9. The van der Waals surface area contributed by atoms with Gasteiger partial charge in [-0.05, 0) is 92.3 Å². The molecule has 9 aliphatic heterocycles. The van der Waals surface area contributed by atoms with Gasteiger partial charge in [-0.15, -0.1) is 0 Å². The van der Waals surface area contributed by atoms with E-state index in [0.29, 0.717) is 12.3 Å². The van der Waals surface area contributed by atoms with Crippen LogP contribution in [0.3, 0.4) is 0 Å². The summed E-state index contributed by atoms with van der Waals surface area (Å²) in [6.45, 7) is 15.4. The van der Waals surface area contributed by atoms with E-state index in [0.717, 1.165) is 88.2 Å². The highest BCUT2D eigenvalue weighted by molar-refractivity contribution is 5.18. The van der Waals surface area contributed by atoms with Crippen molar-refractivity contribution in [1.82, 2.24) is 0 Å². The minimum Gasteiger partial charge on any atom is -0.394 e. The molecule has 9 aliphatic rings. The van der Waals surface area contributed by atoms with E-state index in [-0.39, 0.29) is 104 Å². The quantitative estimate of drug-likeness (QED) is 0.206. The average Bonchev–Trinajstić information content (AvgIpc) is 3.87. The van der Waals surface area contributed by atoms with E-state index in [9.17, 15) is 10.2 Å². The first-order chi connectivity index (χ1) is 27.1. The number of ether oxygens (including phenoxy) is 8. The molecular weight excluding hydrogens is 712 g/mol. The molecule has 19 atom stereocenters. The van der Waals surface area contributed by atoms with Crippen molar-refractivity contribution in [2.45, 2.75) is 202 Å². The van der Waals surface area contributed by atoms with Crippen LogP contribution in [0.5, 0.6) is 0 Å². The fourth-order valence-electron chi connectivity index (χ4n) is 11.7. The normalized spacial score (nSPS) is 47.3. The molecule has 10 heteroatoms. The molecule has 9 saturated heterocycles. The number of aliphatic hydroxyl groups excluding tert-OH is 2. The first-order valence-corrected chi connectivity index (χ1v) is 22.1. The second kappa shape index (κ2) is 16.4. The van der Waals surface area contributed by atoms with Crippen LogP contribution in [0, 0.1) is 17.8 Å². The Bertz CT molecular complexity index is 1540. The van der Waals surface area contributed by atoms with Crippen LogP contribution < -0.4 is 0 Å². The Labute approximate surface area is 333 Å². The van der Waals surface area contributed by atoms with E-state index in [1.807, 2.05) is 6.07 Å². The number of benzene rings is 1. The van der Waals surface area contributed by atoms with Crippen molar-refractivity contribution in [3.63, 3.8) is 0 Å². The Morgan fingerprint density at radius 1 is 0.786 bits per heavy atom. The fraction of sp³-hybridized carbons (Fsp3) is 0.783. The Balaban J connectivity index is 0.794. The van der Waals surface area contributed by atoms with E-state index in [1.165, 1.54) is 5.56 Å². The SMILES string of the molecule is C=C1CC(CC[C@@]23C[C@H]4O[C@H]5C(O2)[C@H]2O[C@@H](CC)CC[C@@H]2O[C@H]5C4O3)O[C@H]1CCC1C[C@@H](C)C(=C)[C@@H](CC2O[C@H](C[C@H](O)CO)[C@H](C)[C@H]2Cc2ccccc2)O1. The largest absolute Gasteiger partial charge is 0.394 e. The molecule has 9 heterocycles. The summed E-state index contributed by atoms with van der Waals surface area (Å²) in [4.78, 5) is 0. The Kier molecular flexibility index (Phi) is 11.6. The topological polar surface area (TPSA) is 114 Å². The molecule has 0 aromatic heterocycles. The molecule has 0 amide bonds. The highest BCUT2D eigenvalue weighted by Gasteiger charge is 2.68. The lowest BCUT2D eigenvalue weighted by molar-refractivity contribution is -0.292. The summed E-state index contributed by atoms with van der Waals surface area (Å²) >= 11 is 0. The van der Waals surface area contributed by atoms with Crippen LogP contribution in [0.4, 0.5) is 0 Å². The number of hydrogen-bond donors (Lipinski definition) is 2. The van der Waals surface area contributed by atoms with Crippen LogP contribution in [0.2, 0.25) is 0 Å². The minimum atomic E-state index is -0.785. The molecule has 1 aromatic rings. The van der Waals surface area contributed by atoms with Gasteiger partial charge >= 0.3 is 0 Å². The van der Waals surface area contributed by atoms with E-state index in [2.05, 4.69) is 58.2 Å². The van der Waals surface area contributed by atoms with Crippen molar-refractivity contribution in [2.75, 3.05) is 6.61 Å². The lowest BCUT2D eigenvalue weighted by atomic mass is 9.79. The molecule has 2 N–H and O–H groups in total. The summed E-state index contributed by atoms with van der Waals surface area (Å²) in [6, 6.07) is 10.6. The number of aliphatic hydroxyl groups is 2. The highest BCUT2D eigenvalue weighted by atomic mass is 16.8. The first-order valence-electron chi connectivity index (χ1n) is 22.1. The number of hydrogen-bond acceptors (Lipinski definition) is 10. The minimum absolute atomic E-state index is 0.00101. The van der Waals surface area contributed by atoms with Crippen molar-refractivity contribution in [3.8, 4) is 0 Å². The second-order valence-electron chi connectivity index (χ2n) is 18.7. The van der Waals surface area contributed by atoms with Gasteiger partial charge in [0.15, 0.2) is 5.79 Å². The molecule has 10 rings (SSSR count). The van der Waals surface area contributed by atoms with Crippen LogP contribution in [0.15, 0.2) is 54.6 Å². The summed E-state index contributed by atoms with van der Waals surface area (Å²) in [6.07, 6.45) is 9.80. The van der Waals surface area contributed by atoms with Crippen LogP contribution in [-0.2, 0) is 44.3 Å². The van der Waals surface area contributed by atoms with Gasteiger partial charge in [0.05, 0.1) is 67.6 Å². The van der Waals surface area contributed by atoms with Gasteiger partial charge in [0.1, 0.15) is 30.5 Å². The van der Waals surface area contributed by atoms with Gasteiger partial charge in [0.25, 0.3) is 0 Å². The smallest absolute Gasteiger partial charge is 0.172 e. The number of rotatable bonds is 14. The molecule has 0 aliphatic carbocycles. The average molecular weight is 779 g/mol. The Morgan fingerprint density at radius 2 is 1.55 bits per heavy atom. The third-order valence-electron chi connectivity index (χ3n) is 15.0.